The van der Waals surface area contributed by atoms with Crippen LogP contribution in [0.2, 0.25) is 0 Å². The van der Waals surface area contributed by atoms with E-state index in [-0.39, 0.29) is 11.9 Å². The fraction of sp³-hybridized carbons (Fsp3) is 0.263. The van der Waals surface area contributed by atoms with Crippen LogP contribution >= 0.6 is 27.3 Å². The summed E-state index contributed by atoms with van der Waals surface area (Å²) in [5.41, 5.74) is 1.89. The van der Waals surface area contributed by atoms with Crippen LogP contribution in [-0.4, -0.2) is 47.9 Å². The monoisotopic (exact) mass is 433 g/mol. The molecule has 0 atom stereocenters. The molecular weight excluding hydrogens is 414 g/mol. The fourth-order valence-electron chi connectivity index (χ4n) is 2.73. The lowest BCUT2D eigenvalue weighted by molar-refractivity contribution is -0.127. The molecule has 2 aromatic rings. The molecule has 0 spiro atoms. The number of amides is 3. The molecule has 136 valence electrons. The van der Waals surface area contributed by atoms with Crippen LogP contribution in [0.15, 0.2) is 46.3 Å². The van der Waals surface area contributed by atoms with Gasteiger partial charge in [-0.15, -0.1) is 11.3 Å². The molecule has 2 heterocycles. The van der Waals surface area contributed by atoms with E-state index in [0.717, 1.165) is 19.9 Å². The lowest BCUT2D eigenvalue weighted by Gasteiger charge is -2.34. The second kappa shape index (κ2) is 8.51. The lowest BCUT2D eigenvalue weighted by Crippen LogP contribution is -2.51. The number of benzene rings is 1. The molecule has 3 rings (SSSR count). The van der Waals surface area contributed by atoms with Gasteiger partial charge in [-0.3, -0.25) is 4.79 Å². The van der Waals surface area contributed by atoms with Crippen LogP contribution < -0.4 is 5.32 Å². The number of rotatable bonds is 3. The van der Waals surface area contributed by atoms with Crippen molar-refractivity contribution < 1.29 is 9.59 Å². The summed E-state index contributed by atoms with van der Waals surface area (Å²) < 4.78 is 1.04. The number of nitrogens with zero attached hydrogens (tertiary/aromatic N) is 2. The Morgan fingerprint density at radius 2 is 1.85 bits per heavy atom. The normalized spacial score (nSPS) is 14.7. The molecule has 1 aliphatic heterocycles. The number of piperazine rings is 1. The zero-order valence-corrected chi connectivity index (χ0v) is 16.8. The van der Waals surface area contributed by atoms with Gasteiger partial charge in [0.1, 0.15) is 0 Å². The molecule has 3 amide bonds. The minimum Gasteiger partial charge on any atom is -0.336 e. The van der Waals surface area contributed by atoms with Crippen molar-refractivity contribution in [2.24, 2.45) is 0 Å². The van der Waals surface area contributed by atoms with Crippen molar-refractivity contribution in [3.05, 3.63) is 56.7 Å². The number of halogens is 1. The van der Waals surface area contributed by atoms with E-state index in [1.807, 2.05) is 49.4 Å². The first-order valence-corrected chi connectivity index (χ1v) is 9.97. The van der Waals surface area contributed by atoms with Crippen LogP contribution in [0.3, 0.4) is 0 Å². The highest BCUT2D eigenvalue weighted by molar-refractivity contribution is 9.11. The molecule has 1 aromatic carbocycles. The number of carbonyl (C=O) groups is 2. The first-order chi connectivity index (χ1) is 12.5. The van der Waals surface area contributed by atoms with Crippen LogP contribution in [0.25, 0.3) is 6.08 Å². The number of nitrogens with one attached hydrogen (secondary N) is 1. The fourth-order valence-corrected chi connectivity index (χ4v) is 4.06. The predicted octanol–water partition coefficient (Wildman–Crippen LogP) is 4.21. The quantitative estimate of drug-likeness (QED) is 0.736. The van der Waals surface area contributed by atoms with Gasteiger partial charge in [-0.1, -0.05) is 12.1 Å². The Morgan fingerprint density at radius 3 is 2.50 bits per heavy atom. The molecule has 1 saturated heterocycles. The SMILES string of the molecule is Cc1cccc(NC(=O)N2CCN(C(=O)/C=C/c3ccc(Br)s3)CC2)c1. The molecule has 1 aliphatic rings. The van der Waals surface area contributed by atoms with E-state index >= 15 is 0 Å². The van der Waals surface area contributed by atoms with Crippen molar-refractivity contribution in [2.75, 3.05) is 31.5 Å². The number of urea groups is 1. The van der Waals surface area contributed by atoms with Crippen LogP contribution in [0, 0.1) is 6.92 Å². The summed E-state index contributed by atoms with van der Waals surface area (Å²) in [6.07, 6.45) is 3.43. The Balaban J connectivity index is 1.49. The van der Waals surface area contributed by atoms with Crippen LogP contribution in [-0.2, 0) is 4.79 Å². The predicted molar refractivity (Wildman–Crippen MR) is 109 cm³/mol. The van der Waals surface area contributed by atoms with Crippen LogP contribution in [0.1, 0.15) is 10.4 Å². The second-order valence-electron chi connectivity index (χ2n) is 6.09. The number of hydrogen-bond donors (Lipinski definition) is 1. The van der Waals surface area contributed by atoms with Gasteiger partial charge in [0.2, 0.25) is 5.91 Å². The van der Waals surface area contributed by atoms with E-state index in [9.17, 15) is 9.59 Å². The minimum absolute atomic E-state index is 0.0201. The van der Waals surface area contributed by atoms with Crippen molar-refractivity contribution >= 4 is 51.0 Å². The Labute approximate surface area is 165 Å². The largest absolute Gasteiger partial charge is 0.336 e. The van der Waals surface area contributed by atoms with Gasteiger partial charge in [0.25, 0.3) is 0 Å². The number of hydrogen-bond acceptors (Lipinski definition) is 3. The second-order valence-corrected chi connectivity index (χ2v) is 8.58. The van der Waals surface area contributed by atoms with E-state index in [4.69, 9.17) is 0 Å². The molecule has 1 N–H and O–H groups in total. The molecule has 0 radical (unpaired) electrons. The maximum Gasteiger partial charge on any atom is 0.321 e. The highest BCUT2D eigenvalue weighted by atomic mass is 79.9. The van der Waals surface area contributed by atoms with Crippen molar-refractivity contribution in [2.45, 2.75) is 6.92 Å². The highest BCUT2D eigenvalue weighted by Crippen LogP contribution is 2.23. The average Bonchev–Trinajstić information content (AvgIpc) is 3.05. The van der Waals surface area contributed by atoms with Crippen LogP contribution in [0.4, 0.5) is 10.5 Å². The van der Waals surface area contributed by atoms with Gasteiger partial charge in [-0.25, -0.2) is 4.79 Å². The third kappa shape index (κ3) is 4.95. The van der Waals surface area contributed by atoms with Gasteiger partial charge < -0.3 is 15.1 Å². The summed E-state index contributed by atoms with van der Waals surface area (Å²) >= 11 is 4.99. The Hall–Kier alpha value is -2.12. The minimum atomic E-state index is -0.123. The summed E-state index contributed by atoms with van der Waals surface area (Å²) in [5.74, 6) is -0.0201. The van der Waals surface area contributed by atoms with E-state index in [0.29, 0.717) is 26.2 Å². The zero-order chi connectivity index (χ0) is 18.5. The topological polar surface area (TPSA) is 52.7 Å². The lowest BCUT2D eigenvalue weighted by atomic mass is 10.2. The summed E-state index contributed by atoms with van der Waals surface area (Å²) in [6, 6.07) is 11.5. The third-order valence-corrected chi connectivity index (χ3v) is 5.72. The Kier molecular flexibility index (Phi) is 6.11. The van der Waals surface area contributed by atoms with Crippen molar-refractivity contribution in [3.8, 4) is 0 Å². The van der Waals surface area contributed by atoms with Gasteiger partial charge in [0.05, 0.1) is 3.79 Å². The molecule has 1 aromatic heterocycles. The number of aryl methyl sites for hydroxylation is 1. The molecule has 5 nitrogen and oxygen atoms in total. The molecule has 26 heavy (non-hydrogen) atoms. The van der Waals surface area contributed by atoms with E-state index in [2.05, 4.69) is 21.2 Å². The van der Waals surface area contributed by atoms with E-state index < -0.39 is 0 Å². The first-order valence-electron chi connectivity index (χ1n) is 8.36. The standard InChI is InChI=1S/C19H20BrN3O2S/c1-14-3-2-4-15(13-14)21-19(25)23-11-9-22(10-12-23)18(24)8-6-16-5-7-17(20)26-16/h2-8,13H,9-12H2,1H3,(H,21,25)/b8-6+. The van der Waals surface area contributed by atoms with Gasteiger partial charge >= 0.3 is 6.03 Å². The van der Waals surface area contributed by atoms with Crippen molar-refractivity contribution in [1.82, 2.24) is 9.80 Å². The average molecular weight is 434 g/mol. The van der Waals surface area contributed by atoms with E-state index in [1.54, 1.807) is 27.2 Å². The number of thiophene rings is 1. The van der Waals surface area contributed by atoms with Crippen molar-refractivity contribution in [3.63, 3.8) is 0 Å². The Morgan fingerprint density at radius 1 is 1.12 bits per heavy atom. The first kappa shape index (κ1) is 18.7. The van der Waals surface area contributed by atoms with E-state index in [1.165, 1.54) is 0 Å². The number of carbonyl (C=O) groups excluding carboxylic acids is 2. The third-order valence-electron chi connectivity index (χ3n) is 4.13. The highest BCUT2D eigenvalue weighted by Gasteiger charge is 2.23. The molecule has 7 heteroatoms. The maximum absolute atomic E-state index is 12.4. The summed E-state index contributed by atoms with van der Waals surface area (Å²) in [6.45, 7) is 4.13. The van der Waals surface area contributed by atoms with Gasteiger partial charge in [-0.2, -0.15) is 0 Å². The summed E-state index contributed by atoms with van der Waals surface area (Å²) in [7, 11) is 0. The molecule has 0 aliphatic carbocycles. The molecule has 0 saturated carbocycles. The molecular formula is C19H20BrN3O2S. The molecule has 0 unspecified atom stereocenters. The summed E-state index contributed by atoms with van der Waals surface area (Å²) in [4.78, 5) is 29.2. The smallest absolute Gasteiger partial charge is 0.321 e. The molecule has 0 bridgehead atoms. The van der Waals surface area contributed by atoms with Gasteiger partial charge in [0.15, 0.2) is 0 Å². The van der Waals surface area contributed by atoms with Crippen LogP contribution in [0.5, 0.6) is 0 Å². The van der Waals surface area contributed by atoms with Crippen molar-refractivity contribution in [1.29, 1.82) is 0 Å². The number of anilines is 1. The van der Waals surface area contributed by atoms with Gasteiger partial charge in [0, 0.05) is 42.8 Å². The molecule has 1 fully saturated rings. The van der Waals surface area contributed by atoms with Gasteiger partial charge in [-0.05, 0) is 58.8 Å². The Bertz CT molecular complexity index is 826. The maximum atomic E-state index is 12.4. The summed E-state index contributed by atoms with van der Waals surface area (Å²) in [5, 5.41) is 2.91. The zero-order valence-electron chi connectivity index (χ0n) is 14.4.